The molecule has 0 aromatic heterocycles. The van der Waals surface area contributed by atoms with Gasteiger partial charge < -0.3 is 9.80 Å². The largest absolute Gasteiger partial charge is 0.351 e. The van der Waals surface area contributed by atoms with Crippen molar-refractivity contribution in [2.75, 3.05) is 13.1 Å². The lowest BCUT2D eigenvalue weighted by Gasteiger charge is -2.25. The van der Waals surface area contributed by atoms with Crippen LogP contribution in [0.2, 0.25) is 0 Å². The summed E-state index contributed by atoms with van der Waals surface area (Å²) in [4.78, 5) is 4.61. The van der Waals surface area contributed by atoms with Crippen LogP contribution >= 0.6 is 0 Å². The zero-order valence-corrected chi connectivity index (χ0v) is 12.3. The predicted molar refractivity (Wildman–Crippen MR) is 80.0 cm³/mol. The Morgan fingerprint density at radius 3 is 1.28 bits per heavy atom. The van der Waals surface area contributed by atoms with Crippen LogP contribution in [-0.2, 0) is 0 Å². The average Bonchev–Trinajstić information content (AvgIpc) is 2.41. The fourth-order valence-electron chi connectivity index (χ4n) is 2.18. The molecule has 18 heavy (non-hydrogen) atoms. The highest BCUT2D eigenvalue weighted by atomic mass is 15.2. The zero-order valence-electron chi connectivity index (χ0n) is 12.3. The lowest BCUT2D eigenvalue weighted by molar-refractivity contribution is 0.400. The molecule has 0 fully saturated rings. The van der Waals surface area contributed by atoms with Crippen molar-refractivity contribution < 1.29 is 0 Å². The summed E-state index contributed by atoms with van der Waals surface area (Å²) < 4.78 is 0. The van der Waals surface area contributed by atoms with E-state index in [1.165, 1.54) is 51.4 Å². The van der Waals surface area contributed by atoms with Crippen LogP contribution < -0.4 is 0 Å². The van der Waals surface area contributed by atoms with Gasteiger partial charge in [0.1, 0.15) is 0 Å². The number of nitrogens with zero attached hydrogens (tertiary/aromatic N) is 2. The van der Waals surface area contributed by atoms with Crippen LogP contribution in [0.15, 0.2) is 24.8 Å². The zero-order chi connectivity index (χ0) is 13.1. The van der Waals surface area contributed by atoms with E-state index in [2.05, 4.69) is 48.4 Å². The molecule has 0 bridgehead atoms. The van der Waals surface area contributed by atoms with E-state index < -0.39 is 0 Å². The Bertz CT molecular complexity index is 207. The van der Waals surface area contributed by atoms with Gasteiger partial charge in [-0.25, -0.2) is 0 Å². The van der Waals surface area contributed by atoms with Crippen molar-refractivity contribution in [2.45, 2.75) is 65.2 Å². The second-order valence-electron chi connectivity index (χ2n) is 5.19. The van der Waals surface area contributed by atoms with Gasteiger partial charge in [-0.05, 0) is 12.8 Å². The van der Waals surface area contributed by atoms with Crippen LogP contribution in [0.3, 0.4) is 0 Å². The Morgan fingerprint density at radius 1 is 0.556 bits per heavy atom. The Morgan fingerprint density at radius 2 is 0.944 bits per heavy atom. The molecular formula is C16H30N2. The minimum absolute atomic E-state index is 1.16. The van der Waals surface area contributed by atoms with E-state index in [0.717, 1.165) is 13.1 Å². The van der Waals surface area contributed by atoms with Crippen LogP contribution in [0, 0.1) is 0 Å². The highest BCUT2D eigenvalue weighted by molar-refractivity contribution is 5.00. The molecule has 0 aromatic carbocycles. The molecule has 2 heteroatoms. The Kier molecular flexibility index (Phi) is 8.45. The summed E-state index contributed by atoms with van der Waals surface area (Å²) in [6.07, 6.45) is 19.5. The van der Waals surface area contributed by atoms with Gasteiger partial charge in [-0.2, -0.15) is 0 Å². The molecule has 0 radical (unpaired) electrons. The molecule has 0 saturated heterocycles. The third-order valence-electron chi connectivity index (χ3n) is 3.44. The highest BCUT2D eigenvalue weighted by Crippen LogP contribution is 2.09. The van der Waals surface area contributed by atoms with Gasteiger partial charge in [0.2, 0.25) is 0 Å². The topological polar surface area (TPSA) is 6.48 Å². The second-order valence-corrected chi connectivity index (χ2v) is 5.19. The van der Waals surface area contributed by atoms with E-state index in [1.807, 2.05) is 0 Å². The van der Waals surface area contributed by atoms with Gasteiger partial charge in [0, 0.05) is 37.9 Å². The van der Waals surface area contributed by atoms with Gasteiger partial charge in [-0.1, -0.05) is 52.4 Å². The quantitative estimate of drug-likeness (QED) is 0.518. The van der Waals surface area contributed by atoms with Crippen molar-refractivity contribution in [1.82, 2.24) is 9.80 Å². The number of hydrogen-bond donors (Lipinski definition) is 0. The number of hydrogen-bond acceptors (Lipinski definition) is 2. The summed E-state index contributed by atoms with van der Waals surface area (Å²) in [7, 11) is 0. The lowest BCUT2D eigenvalue weighted by Crippen LogP contribution is -2.21. The molecule has 104 valence electrons. The summed E-state index contributed by atoms with van der Waals surface area (Å²) in [5.74, 6) is 0. The van der Waals surface area contributed by atoms with Crippen LogP contribution in [0.1, 0.15) is 65.2 Å². The van der Waals surface area contributed by atoms with Gasteiger partial charge in [0.15, 0.2) is 0 Å². The third kappa shape index (κ3) is 6.73. The monoisotopic (exact) mass is 250 g/mol. The smallest absolute Gasteiger partial charge is 0.0220 e. The summed E-state index contributed by atoms with van der Waals surface area (Å²) in [6.45, 7) is 6.85. The van der Waals surface area contributed by atoms with Crippen molar-refractivity contribution in [1.29, 1.82) is 0 Å². The van der Waals surface area contributed by atoms with Crippen molar-refractivity contribution in [2.24, 2.45) is 0 Å². The molecule has 2 nitrogen and oxygen atoms in total. The predicted octanol–water partition coefficient (Wildman–Crippen LogP) is 4.71. The number of rotatable bonds is 10. The molecule has 0 aromatic rings. The van der Waals surface area contributed by atoms with Gasteiger partial charge in [0.25, 0.3) is 0 Å². The van der Waals surface area contributed by atoms with Crippen LogP contribution in [-0.4, -0.2) is 22.9 Å². The first kappa shape index (κ1) is 15.1. The fourth-order valence-corrected chi connectivity index (χ4v) is 2.18. The van der Waals surface area contributed by atoms with E-state index >= 15 is 0 Å². The molecule has 0 spiro atoms. The SMILES string of the molecule is CCCCCCN1C=CN(CCCCCC)C=C1. The molecular weight excluding hydrogens is 220 g/mol. The van der Waals surface area contributed by atoms with Gasteiger partial charge in [-0.3, -0.25) is 0 Å². The van der Waals surface area contributed by atoms with Crippen LogP contribution in [0.25, 0.3) is 0 Å². The molecule has 0 atom stereocenters. The molecule has 0 unspecified atom stereocenters. The second kappa shape index (κ2) is 10.0. The van der Waals surface area contributed by atoms with E-state index in [0.29, 0.717) is 0 Å². The first-order valence-corrected chi connectivity index (χ1v) is 7.75. The maximum Gasteiger partial charge on any atom is 0.0220 e. The fraction of sp³-hybridized carbons (Fsp3) is 0.750. The van der Waals surface area contributed by atoms with Crippen molar-refractivity contribution in [3.63, 3.8) is 0 Å². The molecule has 0 aliphatic carbocycles. The van der Waals surface area contributed by atoms with Crippen molar-refractivity contribution in [3.05, 3.63) is 24.8 Å². The van der Waals surface area contributed by atoms with Crippen molar-refractivity contribution in [3.8, 4) is 0 Å². The van der Waals surface area contributed by atoms with E-state index in [4.69, 9.17) is 0 Å². The molecule has 1 heterocycles. The van der Waals surface area contributed by atoms with E-state index in [1.54, 1.807) is 0 Å². The molecule has 1 rings (SSSR count). The van der Waals surface area contributed by atoms with Gasteiger partial charge in [0.05, 0.1) is 0 Å². The summed E-state index contributed by atoms with van der Waals surface area (Å²) in [5.41, 5.74) is 0. The maximum atomic E-state index is 2.30. The van der Waals surface area contributed by atoms with Crippen LogP contribution in [0.5, 0.6) is 0 Å². The molecule has 0 N–H and O–H groups in total. The normalized spacial score (nSPS) is 14.6. The first-order valence-electron chi connectivity index (χ1n) is 7.75. The van der Waals surface area contributed by atoms with Gasteiger partial charge >= 0.3 is 0 Å². The molecule has 0 amide bonds. The molecule has 1 aliphatic heterocycles. The van der Waals surface area contributed by atoms with Crippen LogP contribution in [0.4, 0.5) is 0 Å². The Balaban J connectivity index is 2.07. The van der Waals surface area contributed by atoms with Gasteiger partial charge in [-0.15, -0.1) is 0 Å². The molecule has 0 saturated carbocycles. The van der Waals surface area contributed by atoms with E-state index in [-0.39, 0.29) is 0 Å². The van der Waals surface area contributed by atoms with E-state index in [9.17, 15) is 0 Å². The number of unbranched alkanes of at least 4 members (excludes halogenated alkanes) is 6. The maximum absolute atomic E-state index is 2.30. The summed E-state index contributed by atoms with van der Waals surface area (Å²) in [5, 5.41) is 0. The Labute approximate surface area is 113 Å². The summed E-state index contributed by atoms with van der Waals surface area (Å²) in [6, 6.07) is 0. The Hall–Kier alpha value is -0.920. The standard InChI is InChI=1S/C16H30N2/c1-3-5-7-9-11-17-13-15-18(16-14-17)12-10-8-6-4-2/h13-16H,3-12H2,1-2H3. The average molecular weight is 250 g/mol. The molecule has 1 aliphatic rings. The first-order chi connectivity index (χ1) is 8.86. The minimum atomic E-state index is 1.16. The lowest BCUT2D eigenvalue weighted by atomic mass is 10.2. The van der Waals surface area contributed by atoms with Crippen molar-refractivity contribution >= 4 is 0 Å². The highest BCUT2D eigenvalue weighted by Gasteiger charge is 2.02. The third-order valence-corrected chi connectivity index (χ3v) is 3.44. The summed E-state index contributed by atoms with van der Waals surface area (Å²) >= 11 is 0. The minimum Gasteiger partial charge on any atom is -0.351 e.